The van der Waals surface area contributed by atoms with Crippen LogP contribution in [0.4, 0.5) is 0 Å². The SMILES string of the molecule is CC(C)C(CO)NC(=O)c1cc(Cl)c(Cl)[nH]1. The van der Waals surface area contributed by atoms with E-state index in [4.69, 9.17) is 28.3 Å². The number of nitrogens with one attached hydrogen (secondary N) is 2. The first-order valence-electron chi connectivity index (χ1n) is 4.91. The van der Waals surface area contributed by atoms with Crippen molar-refractivity contribution in [1.29, 1.82) is 0 Å². The number of aliphatic hydroxyl groups excluding tert-OH is 1. The van der Waals surface area contributed by atoms with Crippen molar-refractivity contribution in [2.45, 2.75) is 19.9 Å². The third kappa shape index (κ3) is 3.14. The van der Waals surface area contributed by atoms with Crippen molar-refractivity contribution in [1.82, 2.24) is 10.3 Å². The van der Waals surface area contributed by atoms with Crippen LogP contribution in [0, 0.1) is 5.92 Å². The van der Waals surface area contributed by atoms with Crippen LogP contribution < -0.4 is 5.32 Å². The van der Waals surface area contributed by atoms with E-state index in [1.54, 1.807) is 0 Å². The molecule has 0 saturated heterocycles. The van der Waals surface area contributed by atoms with Crippen LogP contribution in [0.1, 0.15) is 24.3 Å². The summed E-state index contributed by atoms with van der Waals surface area (Å²) in [7, 11) is 0. The Labute approximate surface area is 104 Å². The number of carbonyl (C=O) groups excluding carboxylic acids is 1. The highest BCUT2D eigenvalue weighted by Crippen LogP contribution is 2.21. The summed E-state index contributed by atoms with van der Waals surface area (Å²) in [6, 6.07) is 1.17. The maximum Gasteiger partial charge on any atom is 0.268 e. The van der Waals surface area contributed by atoms with E-state index in [9.17, 15) is 4.79 Å². The quantitative estimate of drug-likeness (QED) is 0.780. The molecule has 0 fully saturated rings. The van der Waals surface area contributed by atoms with Crippen molar-refractivity contribution in [3.63, 3.8) is 0 Å². The summed E-state index contributed by atoms with van der Waals surface area (Å²) in [5.74, 6) is -0.184. The predicted octanol–water partition coefficient (Wildman–Crippen LogP) is 2.07. The number of aromatic amines is 1. The van der Waals surface area contributed by atoms with Crippen LogP contribution in [-0.2, 0) is 0 Å². The third-order valence-electron chi connectivity index (χ3n) is 2.29. The Bertz CT molecular complexity index is 357. The molecule has 0 aliphatic heterocycles. The number of H-pyrrole nitrogens is 1. The van der Waals surface area contributed by atoms with Crippen molar-refractivity contribution >= 4 is 29.1 Å². The lowest BCUT2D eigenvalue weighted by Crippen LogP contribution is -2.41. The molecule has 1 aromatic heterocycles. The highest BCUT2D eigenvalue weighted by Gasteiger charge is 2.18. The molecule has 3 N–H and O–H groups in total. The fraction of sp³-hybridized carbons (Fsp3) is 0.500. The van der Waals surface area contributed by atoms with Crippen LogP contribution >= 0.6 is 23.2 Å². The molecule has 90 valence electrons. The Morgan fingerprint density at radius 2 is 2.19 bits per heavy atom. The van der Waals surface area contributed by atoms with Crippen LogP contribution in [0.15, 0.2) is 6.07 Å². The summed E-state index contributed by atoms with van der Waals surface area (Å²) in [6.45, 7) is 3.72. The predicted molar refractivity (Wildman–Crippen MR) is 64.0 cm³/mol. The van der Waals surface area contributed by atoms with Gasteiger partial charge in [0.25, 0.3) is 5.91 Å². The van der Waals surface area contributed by atoms with E-state index in [2.05, 4.69) is 10.3 Å². The van der Waals surface area contributed by atoms with E-state index in [1.807, 2.05) is 13.8 Å². The minimum absolute atomic E-state index is 0.106. The van der Waals surface area contributed by atoms with Gasteiger partial charge < -0.3 is 15.4 Å². The van der Waals surface area contributed by atoms with Gasteiger partial charge in [-0.1, -0.05) is 37.0 Å². The zero-order valence-electron chi connectivity index (χ0n) is 9.05. The average Bonchev–Trinajstić information content (AvgIpc) is 2.55. The van der Waals surface area contributed by atoms with E-state index in [-0.39, 0.29) is 35.3 Å². The molecule has 4 nitrogen and oxygen atoms in total. The van der Waals surface area contributed by atoms with Gasteiger partial charge in [-0.05, 0) is 12.0 Å². The zero-order valence-corrected chi connectivity index (χ0v) is 10.6. The van der Waals surface area contributed by atoms with Gasteiger partial charge in [-0.2, -0.15) is 0 Å². The van der Waals surface area contributed by atoms with E-state index < -0.39 is 0 Å². The van der Waals surface area contributed by atoms with Gasteiger partial charge in [0.1, 0.15) is 10.8 Å². The molecule has 6 heteroatoms. The van der Waals surface area contributed by atoms with Crippen molar-refractivity contribution < 1.29 is 9.90 Å². The molecular formula is C10H14Cl2N2O2. The van der Waals surface area contributed by atoms with E-state index in [1.165, 1.54) is 6.07 Å². The molecular weight excluding hydrogens is 251 g/mol. The lowest BCUT2D eigenvalue weighted by molar-refractivity contribution is 0.0892. The Hall–Kier alpha value is -0.710. The summed E-state index contributed by atoms with van der Waals surface area (Å²) in [6.07, 6.45) is 0. The molecule has 0 bridgehead atoms. The Morgan fingerprint density at radius 3 is 2.56 bits per heavy atom. The van der Waals surface area contributed by atoms with Gasteiger partial charge >= 0.3 is 0 Å². The number of hydrogen-bond acceptors (Lipinski definition) is 2. The molecule has 0 saturated carbocycles. The standard InChI is InChI=1S/C10H14Cl2N2O2/c1-5(2)8(4-15)14-10(16)7-3-6(11)9(12)13-7/h3,5,8,13,15H,4H2,1-2H3,(H,14,16). The number of amides is 1. The van der Waals surface area contributed by atoms with Gasteiger partial charge in [-0.15, -0.1) is 0 Å². The highest BCUT2D eigenvalue weighted by atomic mass is 35.5. The summed E-state index contributed by atoms with van der Waals surface area (Å²) in [5, 5.41) is 12.3. The molecule has 1 amide bonds. The molecule has 1 aromatic rings. The molecule has 0 aromatic carbocycles. The lowest BCUT2D eigenvalue weighted by Gasteiger charge is -2.19. The molecule has 1 unspecified atom stereocenters. The van der Waals surface area contributed by atoms with Crippen LogP contribution in [0.25, 0.3) is 0 Å². The molecule has 1 atom stereocenters. The van der Waals surface area contributed by atoms with Gasteiger partial charge in [0.05, 0.1) is 17.7 Å². The molecule has 1 rings (SSSR count). The Balaban J connectivity index is 2.71. The summed E-state index contributed by atoms with van der Waals surface area (Å²) < 4.78 is 0. The van der Waals surface area contributed by atoms with Crippen LogP contribution in [0.5, 0.6) is 0 Å². The topological polar surface area (TPSA) is 65.1 Å². The number of aliphatic hydroxyl groups is 1. The summed E-state index contributed by atoms with van der Waals surface area (Å²) >= 11 is 11.4. The van der Waals surface area contributed by atoms with Gasteiger partial charge in [-0.3, -0.25) is 4.79 Å². The first-order valence-corrected chi connectivity index (χ1v) is 5.67. The van der Waals surface area contributed by atoms with Crippen LogP contribution in [0.3, 0.4) is 0 Å². The Morgan fingerprint density at radius 1 is 1.56 bits per heavy atom. The van der Waals surface area contributed by atoms with Crippen molar-refractivity contribution in [3.05, 3.63) is 21.9 Å². The molecule has 1 heterocycles. The second-order valence-electron chi connectivity index (χ2n) is 3.85. The van der Waals surface area contributed by atoms with Crippen molar-refractivity contribution in [2.75, 3.05) is 6.61 Å². The van der Waals surface area contributed by atoms with Gasteiger partial charge in [0.15, 0.2) is 0 Å². The molecule has 0 aliphatic rings. The third-order valence-corrected chi connectivity index (χ3v) is 2.98. The van der Waals surface area contributed by atoms with Crippen LogP contribution in [0.2, 0.25) is 10.2 Å². The number of halogens is 2. The minimum Gasteiger partial charge on any atom is -0.394 e. The maximum absolute atomic E-state index is 11.7. The van der Waals surface area contributed by atoms with E-state index >= 15 is 0 Å². The van der Waals surface area contributed by atoms with E-state index in [0.29, 0.717) is 5.02 Å². The Kier molecular flexibility index (Phi) is 4.65. The second-order valence-corrected chi connectivity index (χ2v) is 4.64. The first-order chi connectivity index (χ1) is 7.45. The highest BCUT2D eigenvalue weighted by molar-refractivity contribution is 6.41. The molecule has 0 spiro atoms. The normalized spacial score (nSPS) is 12.9. The van der Waals surface area contributed by atoms with Gasteiger partial charge in [0, 0.05) is 0 Å². The summed E-state index contributed by atoms with van der Waals surface area (Å²) in [5.41, 5.74) is 0.286. The van der Waals surface area contributed by atoms with Crippen molar-refractivity contribution in [3.8, 4) is 0 Å². The fourth-order valence-electron chi connectivity index (χ4n) is 1.20. The van der Waals surface area contributed by atoms with Crippen LogP contribution in [-0.4, -0.2) is 28.6 Å². The number of aromatic nitrogens is 1. The lowest BCUT2D eigenvalue weighted by atomic mass is 10.1. The monoisotopic (exact) mass is 264 g/mol. The molecule has 16 heavy (non-hydrogen) atoms. The molecule has 0 radical (unpaired) electrons. The zero-order chi connectivity index (χ0) is 12.3. The molecule has 0 aliphatic carbocycles. The van der Waals surface area contributed by atoms with E-state index in [0.717, 1.165) is 0 Å². The second kappa shape index (κ2) is 5.57. The van der Waals surface area contributed by atoms with Gasteiger partial charge in [0.2, 0.25) is 0 Å². The fourth-order valence-corrected chi connectivity index (χ4v) is 1.51. The first kappa shape index (κ1) is 13.4. The van der Waals surface area contributed by atoms with Gasteiger partial charge in [-0.25, -0.2) is 0 Å². The average molecular weight is 265 g/mol. The number of rotatable bonds is 4. The largest absolute Gasteiger partial charge is 0.394 e. The number of hydrogen-bond donors (Lipinski definition) is 3. The minimum atomic E-state index is -0.332. The van der Waals surface area contributed by atoms with Crippen molar-refractivity contribution in [2.24, 2.45) is 5.92 Å². The number of carbonyl (C=O) groups is 1. The summed E-state index contributed by atoms with van der Waals surface area (Å²) in [4.78, 5) is 14.4. The smallest absolute Gasteiger partial charge is 0.268 e. The maximum atomic E-state index is 11.7.